The molecule has 1 nitrogen and oxygen atoms in total. The lowest BCUT2D eigenvalue weighted by Gasteiger charge is -2.22. The molecule has 1 aromatic carbocycles. The van der Waals surface area contributed by atoms with Crippen molar-refractivity contribution >= 4 is 5.57 Å². The summed E-state index contributed by atoms with van der Waals surface area (Å²) in [5.74, 6) is 0.897. The molecule has 0 fully saturated rings. The highest BCUT2D eigenvalue weighted by Crippen LogP contribution is 2.32. The summed E-state index contributed by atoms with van der Waals surface area (Å²) in [7, 11) is 0. The Hall–Kier alpha value is -1.55. The molecule has 0 saturated carbocycles. The Kier molecular flexibility index (Phi) is 7.23. The molecule has 1 aromatic rings. The normalized spacial score (nSPS) is 17.8. The summed E-state index contributed by atoms with van der Waals surface area (Å²) in [6.45, 7) is 2.28. The van der Waals surface area contributed by atoms with Crippen LogP contribution in [-0.2, 0) is 0 Å². The van der Waals surface area contributed by atoms with Crippen LogP contribution >= 0.6 is 0 Å². The number of benzene rings is 1. The van der Waals surface area contributed by atoms with Crippen LogP contribution in [0, 0.1) is 17.2 Å². The van der Waals surface area contributed by atoms with Crippen LogP contribution in [-0.4, -0.2) is 0 Å². The number of unbranched alkanes of at least 4 members (excludes halogenated alkanes) is 5. The van der Waals surface area contributed by atoms with Gasteiger partial charge in [-0.25, -0.2) is 0 Å². The van der Waals surface area contributed by atoms with E-state index in [0.29, 0.717) is 0 Å². The molecule has 1 aliphatic rings. The van der Waals surface area contributed by atoms with Gasteiger partial charge in [-0.2, -0.15) is 5.26 Å². The second-order valence-corrected chi connectivity index (χ2v) is 6.62. The predicted octanol–water partition coefficient (Wildman–Crippen LogP) is 6.49. The average molecular weight is 295 g/mol. The molecule has 0 aromatic heterocycles. The molecule has 0 N–H and O–H groups in total. The van der Waals surface area contributed by atoms with Crippen molar-refractivity contribution in [2.45, 2.75) is 71.1 Å². The Morgan fingerprint density at radius 2 is 1.77 bits per heavy atom. The minimum absolute atomic E-state index is 0.751. The van der Waals surface area contributed by atoms with Gasteiger partial charge in [-0.1, -0.05) is 70.1 Å². The molecule has 0 aliphatic heterocycles. The average Bonchev–Trinajstić information content (AvgIpc) is 2.59. The third kappa shape index (κ3) is 5.34. The van der Waals surface area contributed by atoms with Crippen molar-refractivity contribution in [3.05, 3.63) is 41.5 Å². The summed E-state index contributed by atoms with van der Waals surface area (Å²) in [5.41, 5.74) is 3.53. The Labute approximate surface area is 136 Å². The molecule has 1 unspecified atom stereocenters. The molecule has 0 saturated heterocycles. The van der Waals surface area contributed by atoms with Crippen LogP contribution in [0.15, 0.2) is 30.3 Å². The molecule has 1 aliphatic carbocycles. The monoisotopic (exact) mass is 295 g/mol. The van der Waals surface area contributed by atoms with E-state index in [0.717, 1.165) is 11.5 Å². The third-order valence-electron chi connectivity index (χ3n) is 4.87. The van der Waals surface area contributed by atoms with Crippen LogP contribution in [0.5, 0.6) is 0 Å². The number of nitrogens with zero attached hydrogens (tertiary/aromatic N) is 1. The maximum atomic E-state index is 8.86. The van der Waals surface area contributed by atoms with Gasteiger partial charge in [-0.05, 0) is 48.4 Å². The number of nitriles is 1. The van der Waals surface area contributed by atoms with E-state index < -0.39 is 0 Å². The van der Waals surface area contributed by atoms with Gasteiger partial charge in [0, 0.05) is 0 Å². The lowest BCUT2D eigenvalue weighted by atomic mass is 9.83. The van der Waals surface area contributed by atoms with Crippen molar-refractivity contribution in [3.63, 3.8) is 0 Å². The molecular formula is C21H29N. The minimum Gasteiger partial charge on any atom is -0.192 e. The first-order chi connectivity index (χ1) is 10.8. The van der Waals surface area contributed by atoms with Gasteiger partial charge in [-0.15, -0.1) is 0 Å². The van der Waals surface area contributed by atoms with Crippen LogP contribution in [0.2, 0.25) is 0 Å². The van der Waals surface area contributed by atoms with Crippen LogP contribution < -0.4 is 0 Å². The van der Waals surface area contributed by atoms with Crippen LogP contribution in [0.25, 0.3) is 5.57 Å². The molecule has 1 heteroatoms. The van der Waals surface area contributed by atoms with E-state index in [1.54, 1.807) is 0 Å². The summed E-state index contributed by atoms with van der Waals surface area (Å²) in [6, 6.07) is 10.2. The summed E-state index contributed by atoms with van der Waals surface area (Å²) < 4.78 is 0. The first-order valence-electron chi connectivity index (χ1n) is 9.03. The number of hydrogen-bond donors (Lipinski definition) is 0. The zero-order chi connectivity index (χ0) is 15.6. The smallest absolute Gasteiger partial charge is 0.0991 e. The molecule has 0 amide bonds. The van der Waals surface area contributed by atoms with Gasteiger partial charge >= 0.3 is 0 Å². The quantitative estimate of drug-likeness (QED) is 0.503. The van der Waals surface area contributed by atoms with Crippen molar-refractivity contribution < 1.29 is 0 Å². The molecule has 1 atom stereocenters. The zero-order valence-electron chi connectivity index (χ0n) is 14.0. The molecule has 2 rings (SSSR count). The molecular weight excluding hydrogens is 266 g/mol. The van der Waals surface area contributed by atoms with Crippen molar-refractivity contribution in [2.24, 2.45) is 5.92 Å². The van der Waals surface area contributed by atoms with E-state index in [4.69, 9.17) is 5.26 Å². The highest BCUT2D eigenvalue weighted by Gasteiger charge is 2.15. The fourth-order valence-electron chi connectivity index (χ4n) is 3.39. The Morgan fingerprint density at radius 1 is 1.05 bits per heavy atom. The van der Waals surface area contributed by atoms with E-state index in [1.165, 1.54) is 75.3 Å². The van der Waals surface area contributed by atoms with E-state index in [1.807, 2.05) is 12.1 Å². The van der Waals surface area contributed by atoms with Gasteiger partial charge in [0.15, 0.2) is 0 Å². The lowest BCUT2D eigenvalue weighted by Crippen LogP contribution is -2.05. The second kappa shape index (κ2) is 9.46. The minimum atomic E-state index is 0.751. The van der Waals surface area contributed by atoms with Gasteiger partial charge in [0.25, 0.3) is 0 Å². The summed E-state index contributed by atoms with van der Waals surface area (Å²) in [5, 5.41) is 8.86. The Bertz CT molecular complexity index is 504. The largest absolute Gasteiger partial charge is 0.192 e. The van der Waals surface area contributed by atoms with Gasteiger partial charge < -0.3 is 0 Å². The molecule has 0 heterocycles. The van der Waals surface area contributed by atoms with Crippen LogP contribution in [0.4, 0.5) is 0 Å². The second-order valence-electron chi connectivity index (χ2n) is 6.62. The maximum absolute atomic E-state index is 8.86. The third-order valence-corrected chi connectivity index (χ3v) is 4.87. The van der Waals surface area contributed by atoms with Crippen LogP contribution in [0.1, 0.15) is 82.3 Å². The first-order valence-corrected chi connectivity index (χ1v) is 9.03. The number of allylic oxidation sites excluding steroid dienone is 2. The van der Waals surface area contributed by atoms with Crippen molar-refractivity contribution in [1.29, 1.82) is 5.26 Å². The van der Waals surface area contributed by atoms with Crippen molar-refractivity contribution in [2.75, 3.05) is 0 Å². The van der Waals surface area contributed by atoms with E-state index in [2.05, 4.69) is 31.2 Å². The highest BCUT2D eigenvalue weighted by molar-refractivity contribution is 5.66. The van der Waals surface area contributed by atoms with Gasteiger partial charge in [0.05, 0.1) is 11.6 Å². The number of rotatable bonds is 8. The summed E-state index contributed by atoms with van der Waals surface area (Å²) >= 11 is 0. The molecule has 22 heavy (non-hydrogen) atoms. The zero-order valence-corrected chi connectivity index (χ0v) is 14.0. The fourth-order valence-corrected chi connectivity index (χ4v) is 3.39. The van der Waals surface area contributed by atoms with E-state index in [9.17, 15) is 0 Å². The molecule has 0 spiro atoms. The standard InChI is InChI=1S/C21H29N/c1-2-3-4-5-6-7-8-18-9-13-20(14-10-18)21-15-11-19(17-22)12-16-21/h11-13,15-16,18H,2-10,14H2,1H3. The SMILES string of the molecule is CCCCCCCCC1CC=C(c2ccc(C#N)cc2)CC1. The summed E-state index contributed by atoms with van der Waals surface area (Å²) in [6.07, 6.45) is 16.0. The Balaban J connectivity index is 1.71. The summed E-state index contributed by atoms with van der Waals surface area (Å²) in [4.78, 5) is 0. The van der Waals surface area contributed by atoms with Crippen LogP contribution in [0.3, 0.4) is 0 Å². The predicted molar refractivity (Wildman–Crippen MR) is 94.5 cm³/mol. The van der Waals surface area contributed by atoms with E-state index >= 15 is 0 Å². The number of hydrogen-bond acceptors (Lipinski definition) is 1. The fraction of sp³-hybridized carbons (Fsp3) is 0.571. The Morgan fingerprint density at radius 3 is 2.41 bits per heavy atom. The maximum Gasteiger partial charge on any atom is 0.0991 e. The van der Waals surface area contributed by atoms with Crippen molar-refractivity contribution in [1.82, 2.24) is 0 Å². The molecule has 0 bridgehead atoms. The highest BCUT2D eigenvalue weighted by atomic mass is 14.2. The van der Waals surface area contributed by atoms with Gasteiger partial charge in [0.2, 0.25) is 0 Å². The van der Waals surface area contributed by atoms with Gasteiger partial charge in [0.1, 0.15) is 0 Å². The van der Waals surface area contributed by atoms with E-state index in [-0.39, 0.29) is 0 Å². The lowest BCUT2D eigenvalue weighted by molar-refractivity contribution is 0.423. The molecule has 0 radical (unpaired) electrons. The van der Waals surface area contributed by atoms with Crippen molar-refractivity contribution in [3.8, 4) is 6.07 Å². The molecule has 118 valence electrons. The first kappa shape index (κ1) is 16.8. The topological polar surface area (TPSA) is 23.8 Å². The van der Waals surface area contributed by atoms with Gasteiger partial charge in [-0.3, -0.25) is 0 Å².